The molecule has 0 aromatic heterocycles. The molecule has 0 aromatic rings. The van der Waals surface area contributed by atoms with E-state index in [4.69, 9.17) is 0 Å². The lowest BCUT2D eigenvalue weighted by Crippen LogP contribution is -2.06. The van der Waals surface area contributed by atoms with Gasteiger partial charge in [0.2, 0.25) is 0 Å². The highest BCUT2D eigenvalue weighted by Gasteiger charge is 1.73. The molecule has 0 aromatic carbocycles. The molecule has 1 heteroatoms. The Morgan fingerprint density at radius 3 is 1.38 bits per heavy atom. The van der Waals surface area contributed by atoms with Gasteiger partial charge >= 0.3 is 0 Å². The Balaban J connectivity index is -0.0000000493. The van der Waals surface area contributed by atoms with Gasteiger partial charge in [0.05, 0.1) is 0 Å². The second kappa shape index (κ2) is 60.6. The summed E-state index contributed by atoms with van der Waals surface area (Å²) in [5.41, 5.74) is 0. The van der Waals surface area contributed by atoms with Crippen LogP contribution in [-0.4, -0.2) is 13.6 Å². The average Bonchev–Trinajstić information content (AvgIpc) is 2.22. The van der Waals surface area contributed by atoms with Gasteiger partial charge in [0.1, 0.15) is 0 Å². The van der Waals surface area contributed by atoms with E-state index in [1.54, 1.807) is 0 Å². The fourth-order valence-corrected chi connectivity index (χ4v) is 0.354. The first kappa shape index (κ1) is 23.0. The number of hydrogen-bond acceptors (Lipinski definition) is 1. The van der Waals surface area contributed by atoms with Gasteiger partial charge in [-0.3, -0.25) is 0 Å². The van der Waals surface area contributed by atoms with Crippen molar-refractivity contribution in [3.05, 3.63) is 13.2 Å². The smallest absolute Gasteiger partial charge is 0.00520 e. The molecule has 0 amide bonds. The largest absolute Gasteiger partial charge is 0.320 e. The second-order valence-corrected chi connectivity index (χ2v) is 2.16. The summed E-state index contributed by atoms with van der Waals surface area (Å²) < 4.78 is 0. The van der Waals surface area contributed by atoms with Gasteiger partial charge in [0.25, 0.3) is 0 Å². The zero-order valence-corrected chi connectivity index (χ0v) is 10.7. The molecule has 0 radical (unpaired) electrons. The van der Waals surface area contributed by atoms with Crippen molar-refractivity contribution in [2.45, 2.75) is 53.9 Å². The van der Waals surface area contributed by atoms with Crippen LogP contribution in [0.3, 0.4) is 0 Å². The van der Waals surface area contributed by atoms with Gasteiger partial charge in [-0.15, -0.1) is 13.2 Å². The molecule has 0 heterocycles. The molecule has 0 rings (SSSR count). The summed E-state index contributed by atoms with van der Waals surface area (Å²) >= 11 is 0. The van der Waals surface area contributed by atoms with E-state index >= 15 is 0 Å². The molecule has 0 atom stereocenters. The maximum Gasteiger partial charge on any atom is -0.00520 e. The van der Waals surface area contributed by atoms with Crippen molar-refractivity contribution in [3.63, 3.8) is 0 Å². The number of unbranched alkanes of at least 4 members (excludes halogenated alkanes) is 1. The predicted octanol–water partition coefficient (Wildman–Crippen LogP) is 4.25. The van der Waals surface area contributed by atoms with Crippen molar-refractivity contribution in [1.29, 1.82) is 0 Å². The van der Waals surface area contributed by atoms with E-state index < -0.39 is 0 Å². The Morgan fingerprint density at radius 2 is 1.31 bits per heavy atom. The molecule has 1 nitrogen and oxygen atoms in total. The van der Waals surface area contributed by atoms with E-state index in [9.17, 15) is 0 Å². The fraction of sp³-hybridized carbons (Fsp3) is 0.833. The Labute approximate surface area is 86.6 Å². The summed E-state index contributed by atoms with van der Waals surface area (Å²) in [6, 6.07) is 0. The van der Waals surface area contributed by atoms with E-state index in [-0.39, 0.29) is 0 Å². The summed E-state index contributed by atoms with van der Waals surface area (Å²) in [7, 11) is 1.98. The first-order chi connectivity index (χ1) is 6.33. The summed E-state index contributed by atoms with van der Waals surface area (Å²) in [6.07, 6.45) is 3.84. The van der Waals surface area contributed by atoms with Gasteiger partial charge in [0.15, 0.2) is 0 Å². The van der Waals surface area contributed by atoms with Crippen LogP contribution in [0.5, 0.6) is 0 Å². The molecule has 0 fully saturated rings. The minimum Gasteiger partial charge on any atom is -0.320 e. The third-order valence-corrected chi connectivity index (χ3v) is 0.780. The monoisotopic (exact) mass is 189 g/mol. The highest BCUT2D eigenvalue weighted by molar-refractivity contribution is 4.34. The third kappa shape index (κ3) is 151. The zero-order valence-electron chi connectivity index (χ0n) is 10.7. The molecule has 84 valence electrons. The van der Waals surface area contributed by atoms with Gasteiger partial charge in [-0.05, 0) is 20.0 Å². The Bertz CT molecular complexity index is 32.1. The van der Waals surface area contributed by atoms with Crippen molar-refractivity contribution >= 4 is 0 Å². The van der Waals surface area contributed by atoms with Crippen LogP contribution in [0.2, 0.25) is 0 Å². The average molecular weight is 189 g/mol. The molecular formula is C12H31N. The van der Waals surface area contributed by atoms with E-state index in [0.29, 0.717) is 0 Å². The van der Waals surface area contributed by atoms with Crippen LogP contribution in [0.4, 0.5) is 0 Å². The number of nitrogens with one attached hydrogen (secondary N) is 1. The number of rotatable bonds is 3. The number of hydrogen-bond donors (Lipinski definition) is 1. The minimum atomic E-state index is 1.16. The Kier molecular flexibility index (Phi) is 107. The van der Waals surface area contributed by atoms with Crippen molar-refractivity contribution < 1.29 is 0 Å². The van der Waals surface area contributed by atoms with E-state index in [2.05, 4.69) is 39.2 Å². The van der Waals surface area contributed by atoms with Crippen molar-refractivity contribution in [3.8, 4) is 0 Å². The SMILES string of the molecule is C=C.CC.CCC.CCCCNC. The van der Waals surface area contributed by atoms with Gasteiger partial charge in [-0.25, -0.2) is 0 Å². The van der Waals surface area contributed by atoms with E-state index in [1.807, 2.05) is 20.9 Å². The predicted molar refractivity (Wildman–Crippen MR) is 67.4 cm³/mol. The Hall–Kier alpha value is -0.300. The highest BCUT2D eigenvalue weighted by atomic mass is 14.8. The molecule has 0 spiro atoms. The molecular weight excluding hydrogens is 158 g/mol. The van der Waals surface area contributed by atoms with Crippen LogP contribution < -0.4 is 5.32 Å². The molecule has 13 heavy (non-hydrogen) atoms. The quantitative estimate of drug-likeness (QED) is 0.517. The van der Waals surface area contributed by atoms with Gasteiger partial charge in [0, 0.05) is 0 Å². The van der Waals surface area contributed by atoms with Gasteiger partial charge in [-0.1, -0.05) is 47.5 Å². The molecule has 0 bridgehead atoms. The fourth-order valence-electron chi connectivity index (χ4n) is 0.354. The van der Waals surface area contributed by atoms with E-state index in [0.717, 1.165) is 6.54 Å². The molecule has 0 aliphatic rings. The molecule has 1 N–H and O–H groups in total. The van der Waals surface area contributed by atoms with Gasteiger partial charge in [-0.2, -0.15) is 0 Å². The van der Waals surface area contributed by atoms with Crippen molar-refractivity contribution in [1.82, 2.24) is 5.32 Å². The molecule has 0 saturated carbocycles. The normalized spacial score (nSPS) is 6.31. The summed E-state index contributed by atoms with van der Waals surface area (Å²) in [5, 5.41) is 3.07. The maximum atomic E-state index is 3.07. The van der Waals surface area contributed by atoms with Gasteiger partial charge < -0.3 is 5.32 Å². The van der Waals surface area contributed by atoms with E-state index in [1.165, 1.54) is 19.3 Å². The minimum absolute atomic E-state index is 1.16. The highest BCUT2D eigenvalue weighted by Crippen LogP contribution is 1.79. The zero-order chi connectivity index (χ0) is 11.5. The summed E-state index contributed by atoms with van der Waals surface area (Å²) in [6.45, 7) is 17.6. The van der Waals surface area contributed by atoms with Crippen LogP contribution in [-0.2, 0) is 0 Å². The first-order valence-electron chi connectivity index (χ1n) is 5.47. The summed E-state index contributed by atoms with van der Waals surface area (Å²) in [5.74, 6) is 0. The third-order valence-electron chi connectivity index (χ3n) is 0.780. The molecule has 0 unspecified atom stereocenters. The molecule has 0 aliphatic carbocycles. The van der Waals surface area contributed by atoms with Crippen LogP contribution in [0, 0.1) is 0 Å². The molecule has 0 saturated heterocycles. The second-order valence-electron chi connectivity index (χ2n) is 2.16. The first-order valence-corrected chi connectivity index (χ1v) is 5.47. The topological polar surface area (TPSA) is 12.0 Å². The lowest BCUT2D eigenvalue weighted by atomic mass is 10.3. The van der Waals surface area contributed by atoms with Crippen LogP contribution >= 0.6 is 0 Å². The maximum absolute atomic E-state index is 3.07. The van der Waals surface area contributed by atoms with Crippen molar-refractivity contribution in [2.24, 2.45) is 0 Å². The lowest BCUT2D eigenvalue weighted by Gasteiger charge is -1.89. The van der Waals surface area contributed by atoms with Crippen LogP contribution in [0.25, 0.3) is 0 Å². The van der Waals surface area contributed by atoms with Crippen LogP contribution in [0.1, 0.15) is 53.9 Å². The Morgan fingerprint density at radius 1 is 1.00 bits per heavy atom. The lowest BCUT2D eigenvalue weighted by molar-refractivity contribution is 0.711. The van der Waals surface area contributed by atoms with Crippen molar-refractivity contribution in [2.75, 3.05) is 13.6 Å². The molecule has 0 aliphatic heterocycles. The summed E-state index contributed by atoms with van der Waals surface area (Å²) in [4.78, 5) is 0. The standard InChI is InChI=1S/C5H13N.C3H8.C2H6.C2H4/c1-3-4-5-6-2;1-3-2;2*1-2/h6H,3-5H2,1-2H3;3H2,1-2H3;1-2H3;1-2H2. The van der Waals surface area contributed by atoms with Crippen LogP contribution in [0.15, 0.2) is 13.2 Å².